The van der Waals surface area contributed by atoms with E-state index >= 15 is 0 Å². The zero-order valence-electron chi connectivity index (χ0n) is 12.2. The van der Waals surface area contributed by atoms with Crippen molar-refractivity contribution in [3.05, 3.63) is 23.8 Å². The van der Waals surface area contributed by atoms with E-state index in [2.05, 4.69) is 29.3 Å². The third-order valence-corrected chi connectivity index (χ3v) is 4.14. The van der Waals surface area contributed by atoms with Crippen LogP contribution in [0.2, 0.25) is 0 Å². The summed E-state index contributed by atoms with van der Waals surface area (Å²) in [5.74, 6) is 1.74. The molecule has 0 amide bonds. The van der Waals surface area contributed by atoms with Gasteiger partial charge in [-0.1, -0.05) is 6.07 Å². The molecule has 2 heterocycles. The first-order chi connectivity index (χ1) is 9.83. The molecule has 0 radical (unpaired) electrons. The van der Waals surface area contributed by atoms with Gasteiger partial charge in [-0.15, -0.1) is 0 Å². The number of likely N-dealkylation sites (tertiary alicyclic amines) is 1. The first-order valence-electron chi connectivity index (χ1n) is 7.66. The summed E-state index contributed by atoms with van der Waals surface area (Å²) < 4.78 is 11.1. The molecule has 3 rings (SSSR count). The van der Waals surface area contributed by atoms with Crippen molar-refractivity contribution in [1.82, 2.24) is 10.2 Å². The fourth-order valence-electron chi connectivity index (χ4n) is 2.93. The quantitative estimate of drug-likeness (QED) is 0.892. The summed E-state index contributed by atoms with van der Waals surface area (Å²) >= 11 is 0. The minimum atomic E-state index is 0.620. The summed E-state index contributed by atoms with van der Waals surface area (Å²) in [4.78, 5) is 2.57. The van der Waals surface area contributed by atoms with Crippen LogP contribution in [0.5, 0.6) is 11.5 Å². The van der Waals surface area contributed by atoms with Crippen molar-refractivity contribution < 1.29 is 9.47 Å². The van der Waals surface area contributed by atoms with E-state index < -0.39 is 0 Å². The second-order valence-electron chi connectivity index (χ2n) is 5.70. The number of hydrogen-bond donors (Lipinski definition) is 1. The molecule has 2 aliphatic heterocycles. The van der Waals surface area contributed by atoms with Gasteiger partial charge >= 0.3 is 0 Å². The average Bonchev–Trinajstić information content (AvgIpc) is 3.01. The van der Waals surface area contributed by atoms with Crippen LogP contribution in [0.3, 0.4) is 0 Å². The molecular formula is C16H24N2O2. The molecule has 4 heteroatoms. The Balaban J connectivity index is 1.48. The minimum absolute atomic E-state index is 0.620. The maximum absolute atomic E-state index is 5.61. The molecule has 2 aliphatic rings. The molecule has 20 heavy (non-hydrogen) atoms. The summed E-state index contributed by atoms with van der Waals surface area (Å²) in [5.41, 5.74) is 1.25. The van der Waals surface area contributed by atoms with Crippen LogP contribution in [-0.4, -0.2) is 43.8 Å². The van der Waals surface area contributed by atoms with E-state index in [1.165, 1.54) is 31.5 Å². The van der Waals surface area contributed by atoms with Gasteiger partial charge in [0.15, 0.2) is 11.5 Å². The van der Waals surface area contributed by atoms with Gasteiger partial charge in [-0.2, -0.15) is 0 Å². The minimum Gasteiger partial charge on any atom is -0.486 e. The molecule has 1 aromatic carbocycles. The van der Waals surface area contributed by atoms with Crippen molar-refractivity contribution in [1.29, 1.82) is 0 Å². The Bertz CT molecular complexity index is 444. The lowest BCUT2D eigenvalue weighted by Crippen LogP contribution is -2.38. The Morgan fingerprint density at radius 2 is 1.90 bits per heavy atom. The van der Waals surface area contributed by atoms with Crippen LogP contribution < -0.4 is 14.8 Å². The first-order valence-corrected chi connectivity index (χ1v) is 7.66. The van der Waals surface area contributed by atoms with E-state index in [1.807, 2.05) is 6.07 Å². The maximum atomic E-state index is 5.61. The molecule has 4 nitrogen and oxygen atoms in total. The van der Waals surface area contributed by atoms with Crippen molar-refractivity contribution >= 4 is 0 Å². The summed E-state index contributed by atoms with van der Waals surface area (Å²) in [7, 11) is 0. The fourth-order valence-corrected chi connectivity index (χ4v) is 2.93. The van der Waals surface area contributed by atoms with Gasteiger partial charge in [0.05, 0.1) is 0 Å². The van der Waals surface area contributed by atoms with Gasteiger partial charge in [-0.3, -0.25) is 4.90 Å². The molecule has 110 valence electrons. The molecule has 0 bridgehead atoms. The predicted molar refractivity (Wildman–Crippen MR) is 79.4 cm³/mol. The van der Waals surface area contributed by atoms with Gasteiger partial charge in [-0.05, 0) is 50.6 Å². The molecule has 1 unspecified atom stereocenters. The normalized spacial score (nSPS) is 20.1. The molecule has 0 spiro atoms. The second kappa shape index (κ2) is 6.46. The smallest absolute Gasteiger partial charge is 0.161 e. The Hall–Kier alpha value is -1.26. The lowest BCUT2D eigenvalue weighted by atomic mass is 10.2. The van der Waals surface area contributed by atoms with Gasteiger partial charge < -0.3 is 14.8 Å². The van der Waals surface area contributed by atoms with Gasteiger partial charge in [0.25, 0.3) is 0 Å². The molecule has 0 aliphatic carbocycles. The molecule has 1 saturated heterocycles. The largest absolute Gasteiger partial charge is 0.486 e. The lowest BCUT2D eigenvalue weighted by Gasteiger charge is -2.24. The highest BCUT2D eigenvalue weighted by atomic mass is 16.6. The molecule has 0 aromatic heterocycles. The lowest BCUT2D eigenvalue weighted by molar-refractivity contribution is 0.171. The summed E-state index contributed by atoms with van der Waals surface area (Å²) in [6.07, 6.45) is 2.71. The summed E-state index contributed by atoms with van der Waals surface area (Å²) in [5, 5.41) is 3.55. The van der Waals surface area contributed by atoms with Gasteiger partial charge in [0.1, 0.15) is 13.2 Å². The van der Waals surface area contributed by atoms with Gasteiger partial charge in [0.2, 0.25) is 0 Å². The van der Waals surface area contributed by atoms with E-state index in [0.29, 0.717) is 19.3 Å². The SMILES string of the molecule is CC(CNCc1ccc2c(c1)OCCO2)N1CCCC1. The Morgan fingerprint density at radius 3 is 2.70 bits per heavy atom. The highest BCUT2D eigenvalue weighted by molar-refractivity contribution is 5.43. The molecule has 0 saturated carbocycles. The van der Waals surface area contributed by atoms with E-state index in [-0.39, 0.29) is 0 Å². The van der Waals surface area contributed by atoms with Crippen LogP contribution >= 0.6 is 0 Å². The summed E-state index contributed by atoms with van der Waals surface area (Å²) in [6, 6.07) is 6.83. The average molecular weight is 276 g/mol. The first kappa shape index (κ1) is 13.7. The second-order valence-corrected chi connectivity index (χ2v) is 5.70. The predicted octanol–water partition coefficient (Wildman–Crippen LogP) is 2.03. The molecule has 1 fully saturated rings. The van der Waals surface area contributed by atoms with Crippen molar-refractivity contribution in [2.75, 3.05) is 32.8 Å². The third kappa shape index (κ3) is 3.25. The Labute approximate surface area is 121 Å². The van der Waals surface area contributed by atoms with E-state index in [9.17, 15) is 0 Å². The number of rotatable bonds is 5. The van der Waals surface area contributed by atoms with Crippen LogP contribution in [0.25, 0.3) is 0 Å². The van der Waals surface area contributed by atoms with Crippen LogP contribution in [0.15, 0.2) is 18.2 Å². The van der Waals surface area contributed by atoms with Crippen molar-refractivity contribution in [3.8, 4) is 11.5 Å². The maximum Gasteiger partial charge on any atom is 0.161 e. The standard InChI is InChI=1S/C16H24N2O2/c1-13(18-6-2-3-7-18)11-17-12-14-4-5-15-16(10-14)20-9-8-19-15/h4-5,10,13,17H,2-3,6-9,11-12H2,1H3. The molecule has 1 N–H and O–H groups in total. The van der Waals surface area contributed by atoms with Crippen molar-refractivity contribution in [2.45, 2.75) is 32.4 Å². The molecule has 1 aromatic rings. The highest BCUT2D eigenvalue weighted by Crippen LogP contribution is 2.30. The van der Waals surface area contributed by atoms with E-state index in [0.717, 1.165) is 24.6 Å². The Kier molecular flexibility index (Phi) is 4.43. The van der Waals surface area contributed by atoms with Crippen molar-refractivity contribution in [2.24, 2.45) is 0 Å². The van der Waals surface area contributed by atoms with Gasteiger partial charge in [-0.25, -0.2) is 0 Å². The van der Waals surface area contributed by atoms with Crippen LogP contribution in [0, 0.1) is 0 Å². The molecular weight excluding hydrogens is 252 g/mol. The van der Waals surface area contributed by atoms with Gasteiger partial charge in [0, 0.05) is 19.1 Å². The zero-order chi connectivity index (χ0) is 13.8. The number of nitrogens with one attached hydrogen (secondary N) is 1. The third-order valence-electron chi connectivity index (χ3n) is 4.14. The Morgan fingerprint density at radius 1 is 1.15 bits per heavy atom. The number of benzene rings is 1. The monoisotopic (exact) mass is 276 g/mol. The van der Waals surface area contributed by atoms with Crippen LogP contribution in [-0.2, 0) is 6.54 Å². The van der Waals surface area contributed by atoms with Crippen molar-refractivity contribution in [3.63, 3.8) is 0 Å². The zero-order valence-corrected chi connectivity index (χ0v) is 12.2. The fraction of sp³-hybridized carbons (Fsp3) is 0.625. The van der Waals surface area contributed by atoms with Crippen LogP contribution in [0.1, 0.15) is 25.3 Å². The number of fused-ring (bicyclic) bond motifs is 1. The topological polar surface area (TPSA) is 33.7 Å². The molecule has 1 atom stereocenters. The number of ether oxygens (including phenoxy) is 2. The number of nitrogens with zero attached hydrogens (tertiary/aromatic N) is 1. The van der Waals surface area contributed by atoms with E-state index in [1.54, 1.807) is 0 Å². The van der Waals surface area contributed by atoms with E-state index in [4.69, 9.17) is 9.47 Å². The van der Waals surface area contributed by atoms with Crippen LogP contribution in [0.4, 0.5) is 0 Å². The summed E-state index contributed by atoms with van der Waals surface area (Å²) in [6.45, 7) is 8.04. The number of hydrogen-bond acceptors (Lipinski definition) is 4. The highest BCUT2D eigenvalue weighted by Gasteiger charge is 2.17.